The predicted octanol–water partition coefficient (Wildman–Crippen LogP) is 6.71. The Morgan fingerprint density at radius 2 is 1.97 bits per heavy atom. The third-order valence-corrected chi connectivity index (χ3v) is 7.24. The molecule has 0 bridgehead atoms. The van der Waals surface area contributed by atoms with Crippen LogP contribution in [0.3, 0.4) is 0 Å². The number of nitrogens with zero attached hydrogens (tertiary/aromatic N) is 3. The molecule has 11 heteroatoms. The summed E-state index contributed by atoms with van der Waals surface area (Å²) in [6, 6.07) is 12.6. The first-order valence-corrected chi connectivity index (χ1v) is 12.6. The van der Waals surface area contributed by atoms with E-state index in [0.29, 0.717) is 34.0 Å². The number of hydrogen-bond donors (Lipinski definition) is 3. The molecule has 2 aromatic heterocycles. The zero-order valence-electron chi connectivity index (χ0n) is 21.4. The van der Waals surface area contributed by atoms with Crippen LogP contribution in [0.1, 0.15) is 42.9 Å². The second kappa shape index (κ2) is 10.1. The van der Waals surface area contributed by atoms with Crippen molar-refractivity contribution < 1.29 is 27.8 Å². The quantitative estimate of drug-likeness (QED) is 0.177. The van der Waals surface area contributed by atoms with E-state index in [-0.39, 0.29) is 24.3 Å². The normalized spacial score (nSPS) is 14.7. The zero-order chi connectivity index (χ0) is 27.9. The molecule has 1 aliphatic carbocycles. The number of hydrogen-bond acceptors (Lipinski definition) is 6. The lowest BCUT2D eigenvalue weighted by Gasteiger charge is -2.32. The number of nitrogens with two attached hydrogens (primary N) is 1. The highest BCUT2D eigenvalue weighted by atomic mass is 19.4. The van der Waals surface area contributed by atoms with E-state index in [1.165, 1.54) is 6.07 Å². The SMILES string of the molecule is Cc1cccc(-c2cc3nc(OC(=O)O)nc(N[C@H](C)C4CCC4)c3n2Cc2ccc(C(F)(F)F)cc2N)c1. The lowest BCUT2D eigenvalue weighted by Crippen LogP contribution is -2.31. The molecule has 39 heavy (non-hydrogen) atoms. The molecular weight excluding hydrogens is 511 g/mol. The van der Waals surface area contributed by atoms with Gasteiger partial charge >= 0.3 is 18.3 Å². The summed E-state index contributed by atoms with van der Waals surface area (Å²) < 4.78 is 46.5. The average Bonchev–Trinajstić information content (AvgIpc) is 3.16. The molecule has 4 aromatic rings. The van der Waals surface area contributed by atoms with Crippen LogP contribution in [0.5, 0.6) is 6.01 Å². The fourth-order valence-electron chi connectivity index (χ4n) is 4.94. The van der Waals surface area contributed by atoms with Gasteiger partial charge in [0.2, 0.25) is 0 Å². The summed E-state index contributed by atoms with van der Waals surface area (Å²) in [6.07, 6.45) is -2.77. The van der Waals surface area contributed by atoms with Gasteiger partial charge < -0.3 is 25.5 Å². The van der Waals surface area contributed by atoms with E-state index in [4.69, 9.17) is 10.5 Å². The molecule has 0 amide bonds. The van der Waals surface area contributed by atoms with Crippen molar-refractivity contribution in [2.75, 3.05) is 11.1 Å². The van der Waals surface area contributed by atoms with Gasteiger partial charge in [-0.2, -0.15) is 23.1 Å². The van der Waals surface area contributed by atoms with Gasteiger partial charge in [0.25, 0.3) is 0 Å². The maximum atomic E-state index is 13.3. The number of alkyl halides is 3. The van der Waals surface area contributed by atoms with Gasteiger partial charge in [-0.1, -0.05) is 36.2 Å². The Bertz CT molecular complexity index is 1550. The largest absolute Gasteiger partial charge is 0.513 e. The minimum Gasteiger partial charge on any atom is -0.449 e. The number of anilines is 2. The molecule has 0 unspecified atom stereocenters. The van der Waals surface area contributed by atoms with Gasteiger partial charge in [-0.15, -0.1) is 0 Å². The lowest BCUT2D eigenvalue weighted by molar-refractivity contribution is -0.137. The van der Waals surface area contributed by atoms with Crippen LogP contribution in [0.15, 0.2) is 48.5 Å². The zero-order valence-corrected chi connectivity index (χ0v) is 21.4. The molecule has 1 aliphatic rings. The first kappa shape index (κ1) is 26.3. The van der Waals surface area contributed by atoms with E-state index in [9.17, 15) is 23.1 Å². The Balaban J connectivity index is 1.70. The number of rotatable bonds is 7. The van der Waals surface area contributed by atoms with Crippen molar-refractivity contribution >= 4 is 28.7 Å². The fraction of sp³-hybridized carbons (Fsp3) is 0.321. The number of halogens is 3. The van der Waals surface area contributed by atoms with Crippen LogP contribution < -0.4 is 15.8 Å². The highest BCUT2D eigenvalue weighted by molar-refractivity contribution is 5.92. The second-order valence-electron chi connectivity index (χ2n) is 9.98. The first-order valence-electron chi connectivity index (χ1n) is 12.6. The Kier molecular flexibility index (Phi) is 6.83. The predicted molar refractivity (Wildman–Crippen MR) is 142 cm³/mol. The van der Waals surface area contributed by atoms with Crippen molar-refractivity contribution in [1.29, 1.82) is 0 Å². The second-order valence-corrected chi connectivity index (χ2v) is 9.98. The van der Waals surface area contributed by atoms with E-state index < -0.39 is 17.9 Å². The standard InChI is InChI=1S/C28H28F3N5O3/c1-15-5-3-8-18(11-15)23-13-22-24(36(23)14-19-9-10-20(12-21(19)32)28(29,30)31)25(33-16(2)17-6-4-7-17)35-26(34-22)39-27(37)38/h3,5,8-13,16-17H,4,6-7,14,32H2,1-2H3,(H,37,38)(H,33,34,35)/t16-/m1/s1. The van der Waals surface area contributed by atoms with Crippen molar-refractivity contribution in [3.63, 3.8) is 0 Å². The minimum atomic E-state index is -4.51. The van der Waals surface area contributed by atoms with Crippen LogP contribution in [0.4, 0.5) is 29.5 Å². The highest BCUT2D eigenvalue weighted by Gasteiger charge is 2.31. The monoisotopic (exact) mass is 539 g/mol. The van der Waals surface area contributed by atoms with Gasteiger partial charge in [-0.25, -0.2) is 4.79 Å². The molecule has 0 radical (unpaired) electrons. The van der Waals surface area contributed by atoms with Crippen molar-refractivity contribution in [3.8, 4) is 17.3 Å². The minimum absolute atomic E-state index is 0.00552. The van der Waals surface area contributed by atoms with Gasteiger partial charge in [0.05, 0.1) is 23.3 Å². The molecule has 5 rings (SSSR count). The Morgan fingerprint density at radius 3 is 2.59 bits per heavy atom. The number of carbonyl (C=O) groups is 1. The summed E-state index contributed by atoms with van der Waals surface area (Å²) in [7, 11) is 0. The van der Waals surface area contributed by atoms with Gasteiger partial charge in [-0.05, 0) is 68.0 Å². The van der Waals surface area contributed by atoms with Crippen LogP contribution in [0, 0.1) is 12.8 Å². The Hall–Kier alpha value is -4.28. The first-order chi connectivity index (χ1) is 18.5. The van der Waals surface area contributed by atoms with E-state index in [1.54, 1.807) is 6.07 Å². The topological polar surface area (TPSA) is 115 Å². The van der Waals surface area contributed by atoms with Crippen LogP contribution in [-0.2, 0) is 12.7 Å². The smallest absolute Gasteiger partial charge is 0.449 e. The van der Waals surface area contributed by atoms with Gasteiger partial charge in [0, 0.05) is 11.7 Å². The number of carboxylic acid groups (broad SMARTS) is 1. The average molecular weight is 540 g/mol. The number of nitrogens with one attached hydrogen (secondary N) is 1. The van der Waals surface area contributed by atoms with E-state index in [1.807, 2.05) is 42.7 Å². The molecular formula is C28H28F3N5O3. The number of aryl methyl sites for hydroxylation is 1. The molecule has 204 valence electrons. The molecule has 4 N–H and O–H groups in total. The summed E-state index contributed by atoms with van der Waals surface area (Å²) >= 11 is 0. The molecule has 8 nitrogen and oxygen atoms in total. The number of benzene rings is 2. The maximum Gasteiger partial charge on any atom is 0.513 e. The van der Waals surface area contributed by atoms with Crippen molar-refractivity contribution in [2.24, 2.45) is 5.92 Å². The van der Waals surface area contributed by atoms with E-state index in [2.05, 4.69) is 15.3 Å². The van der Waals surface area contributed by atoms with Gasteiger partial charge in [0.15, 0.2) is 5.82 Å². The van der Waals surface area contributed by atoms with Crippen molar-refractivity contribution in [1.82, 2.24) is 14.5 Å². The van der Waals surface area contributed by atoms with Crippen LogP contribution in [0.2, 0.25) is 0 Å². The summed E-state index contributed by atoms with van der Waals surface area (Å²) in [4.78, 5) is 20.0. The Labute approximate surface area is 222 Å². The summed E-state index contributed by atoms with van der Waals surface area (Å²) in [5.74, 6) is 0.809. The van der Waals surface area contributed by atoms with Crippen LogP contribution in [0.25, 0.3) is 22.3 Å². The lowest BCUT2D eigenvalue weighted by atomic mass is 9.80. The number of aromatic nitrogens is 3. The van der Waals surface area contributed by atoms with E-state index in [0.717, 1.165) is 42.5 Å². The molecule has 2 heterocycles. The number of fused-ring (bicyclic) bond motifs is 1. The third kappa shape index (κ3) is 5.47. The van der Waals surface area contributed by atoms with Crippen molar-refractivity contribution in [3.05, 3.63) is 65.2 Å². The maximum absolute atomic E-state index is 13.3. The fourth-order valence-corrected chi connectivity index (χ4v) is 4.94. The molecule has 0 aliphatic heterocycles. The highest BCUT2D eigenvalue weighted by Crippen LogP contribution is 2.37. The number of ether oxygens (including phenoxy) is 1. The van der Waals surface area contributed by atoms with Crippen molar-refractivity contribution in [2.45, 2.75) is 51.9 Å². The van der Waals surface area contributed by atoms with Gasteiger partial charge in [0.1, 0.15) is 5.52 Å². The third-order valence-electron chi connectivity index (χ3n) is 7.24. The Morgan fingerprint density at radius 1 is 1.21 bits per heavy atom. The molecule has 1 saturated carbocycles. The van der Waals surface area contributed by atoms with Gasteiger partial charge in [-0.3, -0.25) is 0 Å². The number of nitrogen functional groups attached to an aromatic ring is 1. The van der Waals surface area contributed by atoms with Crippen LogP contribution in [-0.4, -0.2) is 31.8 Å². The summed E-state index contributed by atoms with van der Waals surface area (Å²) in [5.41, 5.74) is 9.33. The summed E-state index contributed by atoms with van der Waals surface area (Å²) in [5, 5.41) is 12.6. The molecule has 1 atom stereocenters. The molecule has 0 spiro atoms. The van der Waals surface area contributed by atoms with E-state index >= 15 is 0 Å². The molecule has 0 saturated heterocycles. The molecule has 2 aromatic carbocycles. The molecule has 1 fully saturated rings. The summed E-state index contributed by atoms with van der Waals surface area (Å²) in [6.45, 7) is 4.13. The van der Waals surface area contributed by atoms with Crippen LogP contribution >= 0.6 is 0 Å².